The van der Waals surface area contributed by atoms with Crippen LogP contribution in [-0.4, -0.2) is 57.3 Å². The molecule has 2 heterocycles. The van der Waals surface area contributed by atoms with Crippen LogP contribution in [0.4, 0.5) is 17.1 Å². The second-order valence-electron chi connectivity index (χ2n) is 9.05. The fourth-order valence-corrected chi connectivity index (χ4v) is 6.36. The van der Waals surface area contributed by atoms with Gasteiger partial charge in [-0.3, -0.25) is 9.59 Å². The van der Waals surface area contributed by atoms with Crippen LogP contribution in [0.5, 0.6) is 0 Å². The summed E-state index contributed by atoms with van der Waals surface area (Å²) in [6.07, 6.45) is 3.38. The van der Waals surface area contributed by atoms with Gasteiger partial charge >= 0.3 is 0 Å². The van der Waals surface area contributed by atoms with E-state index in [1.54, 1.807) is 36.9 Å². The molecule has 0 bridgehead atoms. The Morgan fingerprint density at radius 1 is 1.03 bits per heavy atom. The molecule has 0 aromatic heterocycles. The summed E-state index contributed by atoms with van der Waals surface area (Å²) in [4.78, 5) is 29.9. The number of nitrogens with zero attached hydrogens (tertiary/aromatic N) is 3. The molecule has 2 aliphatic heterocycles. The summed E-state index contributed by atoms with van der Waals surface area (Å²) in [5.74, 6) is -0.877. The number of sulfonamides is 1. The lowest BCUT2D eigenvalue weighted by atomic mass is 10.1. The lowest BCUT2D eigenvalue weighted by Crippen LogP contribution is -2.33. The van der Waals surface area contributed by atoms with E-state index in [9.17, 15) is 18.0 Å². The van der Waals surface area contributed by atoms with Crippen molar-refractivity contribution in [1.29, 1.82) is 0 Å². The maximum absolute atomic E-state index is 13.3. The number of hydrogen-bond acceptors (Lipinski definition) is 5. The van der Waals surface area contributed by atoms with Crippen LogP contribution in [0.2, 0.25) is 0 Å². The molecule has 2 aromatic carbocycles. The average molecular weight is 499 g/mol. The molecule has 0 spiro atoms. The summed E-state index contributed by atoms with van der Waals surface area (Å²) in [5, 5.41) is 2.99. The van der Waals surface area contributed by atoms with Crippen LogP contribution in [-0.2, 0) is 19.6 Å². The molecule has 2 aromatic rings. The summed E-state index contributed by atoms with van der Waals surface area (Å²) in [6, 6.07) is 14.3. The zero-order valence-electron chi connectivity index (χ0n) is 20.4. The van der Waals surface area contributed by atoms with Gasteiger partial charge in [-0.2, -0.15) is 4.31 Å². The van der Waals surface area contributed by atoms with Gasteiger partial charge in [0.1, 0.15) is 0 Å². The third-order valence-electron chi connectivity index (χ3n) is 6.83. The molecule has 2 fully saturated rings. The van der Waals surface area contributed by atoms with Gasteiger partial charge in [-0.25, -0.2) is 8.42 Å². The zero-order chi connectivity index (χ0) is 25.0. The summed E-state index contributed by atoms with van der Waals surface area (Å²) >= 11 is 0. The molecular formula is C26H34N4O4S. The Labute approximate surface area is 207 Å². The van der Waals surface area contributed by atoms with Crippen molar-refractivity contribution in [1.82, 2.24) is 4.31 Å². The number of hydrogen-bond donors (Lipinski definition) is 1. The molecule has 2 aliphatic rings. The molecule has 8 nitrogen and oxygen atoms in total. The number of carbonyl (C=O) groups excluding carboxylic acids is 2. The van der Waals surface area contributed by atoms with Crippen LogP contribution in [0.25, 0.3) is 0 Å². The van der Waals surface area contributed by atoms with Crippen molar-refractivity contribution in [3.63, 3.8) is 0 Å². The number of benzene rings is 2. The fraction of sp³-hybridized carbons (Fsp3) is 0.462. The lowest BCUT2D eigenvalue weighted by molar-refractivity contribution is -0.122. The van der Waals surface area contributed by atoms with E-state index in [0.29, 0.717) is 25.3 Å². The number of nitrogens with one attached hydrogen (secondary N) is 1. The highest BCUT2D eigenvalue weighted by atomic mass is 32.2. The molecule has 1 atom stereocenters. The Kier molecular flexibility index (Phi) is 7.76. The standard InChI is InChI=1S/C26H34N4O4S/c1-3-29(4-2)35(33,34)22-13-14-24(28-15-9-6-10-16-28)23(18-22)27-26(32)20-17-25(31)30(19-20)21-11-7-5-8-12-21/h5,7-8,11-14,18,20H,3-4,6,9-10,15-17,19H2,1-2H3,(H,27,32). The number of anilines is 3. The second kappa shape index (κ2) is 10.8. The third-order valence-corrected chi connectivity index (χ3v) is 8.88. The van der Waals surface area contributed by atoms with Crippen molar-refractivity contribution in [2.45, 2.75) is 44.4 Å². The molecular weight excluding hydrogens is 464 g/mol. The Hall–Kier alpha value is -2.91. The largest absolute Gasteiger partial charge is 0.370 e. The molecule has 0 aliphatic carbocycles. The predicted octanol–water partition coefficient (Wildman–Crippen LogP) is 3.70. The maximum atomic E-state index is 13.3. The quantitative estimate of drug-likeness (QED) is 0.599. The van der Waals surface area contributed by atoms with Crippen molar-refractivity contribution in [2.24, 2.45) is 5.92 Å². The number of amides is 2. The molecule has 0 saturated carbocycles. The van der Waals surface area contributed by atoms with Gasteiger partial charge in [0.2, 0.25) is 21.8 Å². The van der Waals surface area contributed by atoms with Gasteiger partial charge in [-0.15, -0.1) is 0 Å². The summed E-state index contributed by atoms with van der Waals surface area (Å²) in [5.41, 5.74) is 2.07. The number of carbonyl (C=O) groups is 2. The predicted molar refractivity (Wildman–Crippen MR) is 138 cm³/mol. The topological polar surface area (TPSA) is 90.0 Å². The smallest absolute Gasteiger partial charge is 0.243 e. The highest BCUT2D eigenvalue weighted by Gasteiger charge is 2.35. The SMILES string of the molecule is CCN(CC)S(=O)(=O)c1ccc(N2CCCCC2)c(NC(=O)C2CC(=O)N(c3ccccc3)C2)c1. The normalized spacial score (nSPS) is 18.8. The van der Waals surface area contributed by atoms with Gasteiger partial charge in [0.25, 0.3) is 0 Å². The Morgan fingerprint density at radius 3 is 2.37 bits per heavy atom. The molecule has 4 rings (SSSR count). The van der Waals surface area contributed by atoms with Crippen molar-refractivity contribution in [3.05, 3.63) is 48.5 Å². The van der Waals surface area contributed by atoms with Crippen molar-refractivity contribution in [2.75, 3.05) is 47.8 Å². The van der Waals surface area contributed by atoms with Crippen LogP contribution in [0, 0.1) is 5.92 Å². The highest BCUT2D eigenvalue weighted by molar-refractivity contribution is 7.89. The van der Waals surface area contributed by atoms with Gasteiger partial charge in [0, 0.05) is 44.8 Å². The summed E-state index contributed by atoms with van der Waals surface area (Å²) in [6.45, 7) is 6.36. The van der Waals surface area contributed by atoms with Crippen LogP contribution in [0.1, 0.15) is 39.5 Å². The monoisotopic (exact) mass is 498 g/mol. The molecule has 2 amide bonds. The molecule has 0 radical (unpaired) electrons. The Balaban J connectivity index is 1.61. The van der Waals surface area contributed by atoms with E-state index in [0.717, 1.165) is 43.7 Å². The van der Waals surface area contributed by atoms with Gasteiger partial charge < -0.3 is 15.1 Å². The Morgan fingerprint density at radius 2 is 1.71 bits per heavy atom. The average Bonchev–Trinajstić information content (AvgIpc) is 3.27. The first-order valence-electron chi connectivity index (χ1n) is 12.4. The highest BCUT2D eigenvalue weighted by Crippen LogP contribution is 2.33. The fourth-order valence-electron chi connectivity index (χ4n) is 4.87. The first-order valence-corrected chi connectivity index (χ1v) is 13.8. The van der Waals surface area contributed by atoms with Crippen molar-refractivity contribution < 1.29 is 18.0 Å². The molecule has 188 valence electrons. The summed E-state index contributed by atoms with van der Waals surface area (Å²) < 4.78 is 27.7. The van der Waals surface area contributed by atoms with E-state index in [1.165, 1.54) is 4.31 Å². The van der Waals surface area contributed by atoms with E-state index in [-0.39, 0.29) is 23.1 Å². The van der Waals surface area contributed by atoms with Gasteiger partial charge in [-0.1, -0.05) is 32.0 Å². The third kappa shape index (κ3) is 5.36. The molecule has 9 heteroatoms. The second-order valence-corrected chi connectivity index (χ2v) is 11.0. The van der Waals surface area contributed by atoms with Crippen LogP contribution >= 0.6 is 0 Å². The molecule has 1 N–H and O–H groups in total. The minimum absolute atomic E-state index is 0.0922. The van der Waals surface area contributed by atoms with E-state index in [2.05, 4.69) is 10.2 Å². The number of para-hydroxylation sites is 1. The molecule has 35 heavy (non-hydrogen) atoms. The van der Waals surface area contributed by atoms with Gasteiger partial charge in [0.05, 0.1) is 22.2 Å². The number of rotatable bonds is 8. The van der Waals surface area contributed by atoms with E-state index in [4.69, 9.17) is 0 Å². The van der Waals surface area contributed by atoms with Crippen LogP contribution < -0.4 is 15.1 Å². The number of piperidine rings is 1. The minimum atomic E-state index is -3.68. The zero-order valence-corrected chi connectivity index (χ0v) is 21.3. The van der Waals surface area contributed by atoms with Crippen LogP contribution in [0.3, 0.4) is 0 Å². The van der Waals surface area contributed by atoms with E-state index >= 15 is 0 Å². The van der Waals surface area contributed by atoms with E-state index in [1.807, 2.05) is 30.3 Å². The van der Waals surface area contributed by atoms with E-state index < -0.39 is 15.9 Å². The summed E-state index contributed by atoms with van der Waals surface area (Å²) in [7, 11) is -3.68. The lowest BCUT2D eigenvalue weighted by Gasteiger charge is -2.31. The Bertz CT molecular complexity index is 1160. The van der Waals surface area contributed by atoms with Gasteiger partial charge in [0.15, 0.2) is 0 Å². The minimum Gasteiger partial charge on any atom is -0.370 e. The first-order chi connectivity index (χ1) is 16.8. The first kappa shape index (κ1) is 25.2. The maximum Gasteiger partial charge on any atom is 0.243 e. The molecule has 2 saturated heterocycles. The molecule has 1 unspecified atom stereocenters. The van der Waals surface area contributed by atoms with Crippen LogP contribution in [0.15, 0.2) is 53.4 Å². The van der Waals surface area contributed by atoms with Gasteiger partial charge in [-0.05, 0) is 49.6 Å². The van der Waals surface area contributed by atoms with Crippen molar-refractivity contribution in [3.8, 4) is 0 Å². The van der Waals surface area contributed by atoms with Crippen molar-refractivity contribution >= 4 is 38.9 Å².